The summed E-state index contributed by atoms with van der Waals surface area (Å²) in [6.45, 7) is 0. The Morgan fingerprint density at radius 2 is 1.54 bits per heavy atom. The molecule has 28 heavy (non-hydrogen) atoms. The fraction of sp³-hybridized carbons (Fsp3) is 0.318. The summed E-state index contributed by atoms with van der Waals surface area (Å²) in [5, 5.41) is 0.318. The van der Waals surface area contributed by atoms with E-state index in [2.05, 4.69) is 0 Å². The lowest BCUT2D eigenvalue weighted by Gasteiger charge is -2.19. The number of carbonyl (C=O) groups excluding carboxylic acids is 3. The van der Waals surface area contributed by atoms with Crippen LogP contribution in [0.4, 0.5) is 5.69 Å². The topological polar surface area (TPSA) is 63.7 Å². The Balaban J connectivity index is 1.35. The standard InChI is InChI=1S/C22H18ClNO4/c23-17-4-2-1-3-16(17)22(27)28-15-9-7-14(8-10-15)24-20(25)18-12-5-6-13(11-12)19(18)21(24)26/h1-4,7-10,12-13,18-19H,5-6,11H2/t12-,13+,18-,19+. The normalized spacial score (nSPS) is 28.0. The van der Waals surface area contributed by atoms with Crippen molar-refractivity contribution in [1.29, 1.82) is 0 Å². The van der Waals surface area contributed by atoms with Crippen LogP contribution in [0.1, 0.15) is 29.6 Å². The van der Waals surface area contributed by atoms with Gasteiger partial charge in [-0.2, -0.15) is 0 Å². The first-order chi connectivity index (χ1) is 13.5. The van der Waals surface area contributed by atoms with Crippen LogP contribution < -0.4 is 9.64 Å². The molecule has 4 atom stereocenters. The number of esters is 1. The molecule has 142 valence electrons. The quantitative estimate of drug-likeness (QED) is 0.446. The maximum Gasteiger partial charge on any atom is 0.345 e. The average molecular weight is 396 g/mol. The zero-order valence-corrected chi connectivity index (χ0v) is 15.8. The zero-order chi connectivity index (χ0) is 19.4. The molecule has 1 heterocycles. The molecule has 5 rings (SSSR count). The Bertz CT molecular complexity index is 958. The van der Waals surface area contributed by atoms with Crippen molar-refractivity contribution >= 4 is 35.1 Å². The van der Waals surface area contributed by atoms with E-state index < -0.39 is 5.97 Å². The number of anilines is 1. The number of rotatable bonds is 3. The van der Waals surface area contributed by atoms with E-state index >= 15 is 0 Å². The van der Waals surface area contributed by atoms with Gasteiger partial charge in [0, 0.05) is 0 Å². The van der Waals surface area contributed by atoms with Gasteiger partial charge in [-0.25, -0.2) is 4.79 Å². The van der Waals surface area contributed by atoms with E-state index in [9.17, 15) is 14.4 Å². The van der Waals surface area contributed by atoms with Crippen molar-refractivity contribution < 1.29 is 19.1 Å². The number of amides is 2. The monoisotopic (exact) mass is 395 g/mol. The molecule has 0 unspecified atom stereocenters. The van der Waals surface area contributed by atoms with Crippen molar-refractivity contribution in [2.24, 2.45) is 23.7 Å². The summed E-state index contributed by atoms with van der Waals surface area (Å²) in [6.07, 6.45) is 3.11. The van der Waals surface area contributed by atoms with Gasteiger partial charge in [0.1, 0.15) is 5.75 Å². The average Bonchev–Trinajstić information content (AvgIpc) is 3.37. The summed E-state index contributed by atoms with van der Waals surface area (Å²) in [7, 11) is 0. The molecular formula is C22H18ClNO4. The van der Waals surface area contributed by atoms with Crippen LogP contribution in [0, 0.1) is 23.7 Å². The van der Waals surface area contributed by atoms with Gasteiger partial charge in [-0.3, -0.25) is 14.5 Å². The number of hydrogen-bond donors (Lipinski definition) is 0. The minimum absolute atomic E-state index is 0.0805. The fourth-order valence-corrected chi connectivity index (χ4v) is 5.33. The number of nitrogens with zero attached hydrogens (tertiary/aromatic N) is 1. The predicted molar refractivity (Wildman–Crippen MR) is 103 cm³/mol. The smallest absolute Gasteiger partial charge is 0.345 e. The van der Waals surface area contributed by atoms with Gasteiger partial charge < -0.3 is 4.74 Å². The van der Waals surface area contributed by atoms with Gasteiger partial charge in [0.15, 0.2) is 0 Å². The van der Waals surface area contributed by atoms with Gasteiger partial charge in [0.2, 0.25) is 11.8 Å². The van der Waals surface area contributed by atoms with E-state index in [-0.39, 0.29) is 29.2 Å². The lowest BCUT2D eigenvalue weighted by Crippen LogP contribution is -2.32. The minimum atomic E-state index is -0.558. The van der Waals surface area contributed by atoms with Crippen LogP contribution in [0.3, 0.4) is 0 Å². The molecule has 2 aromatic carbocycles. The van der Waals surface area contributed by atoms with Crippen LogP contribution in [-0.4, -0.2) is 17.8 Å². The Kier molecular flexibility index (Phi) is 4.02. The highest BCUT2D eigenvalue weighted by molar-refractivity contribution is 6.33. The molecule has 6 heteroatoms. The number of halogens is 1. The summed E-state index contributed by atoms with van der Waals surface area (Å²) in [6, 6.07) is 13.1. The molecule has 2 saturated carbocycles. The molecule has 0 spiro atoms. The molecule has 5 nitrogen and oxygen atoms in total. The summed E-state index contributed by atoms with van der Waals surface area (Å²) < 4.78 is 5.36. The Morgan fingerprint density at radius 1 is 0.929 bits per heavy atom. The van der Waals surface area contributed by atoms with Crippen molar-refractivity contribution in [1.82, 2.24) is 0 Å². The Labute approximate surface area is 167 Å². The maximum atomic E-state index is 12.9. The van der Waals surface area contributed by atoms with Crippen LogP contribution >= 0.6 is 11.6 Å². The molecule has 2 aliphatic carbocycles. The SMILES string of the molecule is O=C(Oc1ccc(N2C(=O)[C@@H]3[C@@H]4CC[C@@H](C4)[C@@H]3C2=O)cc1)c1ccccc1Cl. The Hall–Kier alpha value is -2.66. The minimum Gasteiger partial charge on any atom is -0.423 e. The lowest BCUT2D eigenvalue weighted by atomic mass is 9.81. The zero-order valence-electron chi connectivity index (χ0n) is 15.0. The van der Waals surface area contributed by atoms with Gasteiger partial charge in [-0.15, -0.1) is 0 Å². The van der Waals surface area contributed by atoms with Crippen LogP contribution in [0.2, 0.25) is 5.02 Å². The van der Waals surface area contributed by atoms with E-state index in [4.69, 9.17) is 16.3 Å². The molecule has 2 amide bonds. The van der Waals surface area contributed by atoms with Crippen molar-refractivity contribution in [2.45, 2.75) is 19.3 Å². The highest BCUT2D eigenvalue weighted by Gasteiger charge is 2.61. The number of hydrogen-bond acceptors (Lipinski definition) is 4. The summed E-state index contributed by atoms with van der Waals surface area (Å²) in [5.41, 5.74) is 0.808. The number of carbonyl (C=O) groups is 3. The molecule has 3 aliphatic rings. The lowest BCUT2D eigenvalue weighted by molar-refractivity contribution is -0.123. The molecule has 0 aromatic heterocycles. The summed E-state index contributed by atoms with van der Waals surface area (Å²) in [5.74, 6) is 0.0180. The fourth-order valence-electron chi connectivity index (χ4n) is 5.12. The van der Waals surface area contributed by atoms with Crippen LogP contribution in [0.5, 0.6) is 5.75 Å². The third kappa shape index (κ3) is 2.57. The highest BCUT2D eigenvalue weighted by Crippen LogP contribution is 2.56. The first-order valence-electron chi connectivity index (χ1n) is 9.49. The number of benzene rings is 2. The third-order valence-electron chi connectivity index (χ3n) is 6.33. The molecule has 1 saturated heterocycles. The largest absolute Gasteiger partial charge is 0.423 e. The second-order valence-electron chi connectivity index (χ2n) is 7.76. The molecular weight excluding hydrogens is 378 g/mol. The maximum absolute atomic E-state index is 12.9. The molecule has 1 aliphatic heterocycles. The number of imide groups is 1. The van der Waals surface area contributed by atoms with Gasteiger partial charge >= 0.3 is 5.97 Å². The molecule has 2 aromatic rings. The Morgan fingerprint density at radius 3 is 2.14 bits per heavy atom. The van der Waals surface area contributed by atoms with Crippen molar-refractivity contribution in [3.05, 3.63) is 59.1 Å². The van der Waals surface area contributed by atoms with E-state index in [1.54, 1.807) is 48.5 Å². The first-order valence-corrected chi connectivity index (χ1v) is 9.87. The predicted octanol–water partition coefficient (Wildman–Crippen LogP) is 4.09. The van der Waals surface area contributed by atoms with Crippen molar-refractivity contribution in [3.63, 3.8) is 0 Å². The van der Waals surface area contributed by atoms with Crippen LogP contribution in [0.15, 0.2) is 48.5 Å². The summed E-state index contributed by atoms with van der Waals surface area (Å²) >= 11 is 6.02. The van der Waals surface area contributed by atoms with E-state index in [0.717, 1.165) is 19.3 Å². The van der Waals surface area contributed by atoms with Crippen LogP contribution in [0.25, 0.3) is 0 Å². The molecule has 3 fully saturated rings. The number of fused-ring (bicyclic) bond motifs is 5. The van der Waals surface area contributed by atoms with Gasteiger partial charge in [-0.05, 0) is 67.5 Å². The van der Waals surface area contributed by atoms with E-state index in [1.807, 2.05) is 0 Å². The van der Waals surface area contributed by atoms with Crippen molar-refractivity contribution in [3.8, 4) is 5.75 Å². The molecule has 0 N–H and O–H groups in total. The highest BCUT2D eigenvalue weighted by atomic mass is 35.5. The van der Waals surface area contributed by atoms with E-state index in [1.165, 1.54) is 4.90 Å². The summed E-state index contributed by atoms with van der Waals surface area (Å²) in [4.78, 5) is 39.3. The van der Waals surface area contributed by atoms with Gasteiger partial charge in [0.05, 0.1) is 28.1 Å². The second-order valence-corrected chi connectivity index (χ2v) is 8.17. The molecule has 0 radical (unpaired) electrons. The number of ether oxygens (including phenoxy) is 1. The first kappa shape index (κ1) is 17.4. The van der Waals surface area contributed by atoms with Crippen LogP contribution in [-0.2, 0) is 9.59 Å². The van der Waals surface area contributed by atoms with E-state index in [0.29, 0.717) is 28.3 Å². The third-order valence-corrected chi connectivity index (χ3v) is 6.66. The van der Waals surface area contributed by atoms with Gasteiger partial charge in [-0.1, -0.05) is 23.7 Å². The van der Waals surface area contributed by atoms with Gasteiger partial charge in [0.25, 0.3) is 0 Å². The van der Waals surface area contributed by atoms with Crippen molar-refractivity contribution in [2.75, 3.05) is 4.90 Å². The second kappa shape index (κ2) is 6.45. The molecule has 2 bridgehead atoms.